The lowest BCUT2D eigenvalue weighted by molar-refractivity contribution is -0.159. The molecule has 2 aromatic rings. The molecule has 0 N–H and O–H groups in total. The zero-order valence-electron chi connectivity index (χ0n) is 16.0. The fourth-order valence-electron chi connectivity index (χ4n) is 3.97. The molecule has 2 aliphatic heterocycles. The lowest BCUT2D eigenvalue weighted by atomic mass is 9.72. The van der Waals surface area contributed by atoms with Crippen molar-refractivity contribution in [2.45, 2.75) is 13.0 Å². The fraction of sp³-hybridized carbons (Fsp3) is 0.450. The number of halogens is 1. The minimum atomic E-state index is 0.173. The SMILES string of the molecule is COc1cc(OC)nc(CN2CC3(C2)CN(C(=O)Cc2ccc(Cl)cc2)C3)n1. The van der Waals surface area contributed by atoms with Crippen molar-refractivity contribution in [1.29, 1.82) is 0 Å². The summed E-state index contributed by atoms with van der Waals surface area (Å²) in [7, 11) is 3.16. The fourth-order valence-corrected chi connectivity index (χ4v) is 4.10. The Morgan fingerprint density at radius 2 is 1.68 bits per heavy atom. The summed E-state index contributed by atoms with van der Waals surface area (Å²) in [4.78, 5) is 25.4. The van der Waals surface area contributed by atoms with E-state index in [-0.39, 0.29) is 11.3 Å². The number of hydrogen-bond donors (Lipinski definition) is 0. The van der Waals surface area contributed by atoms with E-state index in [1.807, 2.05) is 29.2 Å². The van der Waals surface area contributed by atoms with Crippen molar-refractivity contribution >= 4 is 17.5 Å². The van der Waals surface area contributed by atoms with Crippen molar-refractivity contribution in [2.75, 3.05) is 40.4 Å². The van der Waals surface area contributed by atoms with Crippen LogP contribution in [-0.4, -0.2) is 66.1 Å². The number of carbonyl (C=O) groups excluding carboxylic acids is 1. The van der Waals surface area contributed by atoms with E-state index in [4.69, 9.17) is 21.1 Å². The van der Waals surface area contributed by atoms with E-state index in [0.29, 0.717) is 35.6 Å². The number of methoxy groups -OCH3 is 2. The van der Waals surface area contributed by atoms with Gasteiger partial charge in [-0.3, -0.25) is 9.69 Å². The molecule has 0 radical (unpaired) electrons. The smallest absolute Gasteiger partial charge is 0.227 e. The molecule has 2 fully saturated rings. The van der Waals surface area contributed by atoms with E-state index in [1.165, 1.54) is 0 Å². The summed E-state index contributed by atoms with van der Waals surface area (Å²) in [6.07, 6.45) is 0.425. The average molecular weight is 403 g/mol. The molecule has 28 heavy (non-hydrogen) atoms. The zero-order chi connectivity index (χ0) is 19.7. The van der Waals surface area contributed by atoms with Gasteiger partial charge in [-0.2, -0.15) is 9.97 Å². The van der Waals surface area contributed by atoms with E-state index in [0.717, 1.165) is 31.7 Å². The standard InChI is InChI=1S/C20H23ClN4O3/c1-27-17-8-18(28-2)23-16(22-17)9-24-10-20(11-24)12-25(13-20)19(26)7-14-3-5-15(21)6-4-14/h3-6,8H,7,9-13H2,1-2H3. The molecule has 1 aromatic heterocycles. The Morgan fingerprint density at radius 1 is 1.07 bits per heavy atom. The highest BCUT2D eigenvalue weighted by Crippen LogP contribution is 2.40. The maximum absolute atomic E-state index is 12.5. The molecule has 3 heterocycles. The first-order chi connectivity index (χ1) is 13.5. The summed E-state index contributed by atoms with van der Waals surface area (Å²) in [5, 5.41) is 0.686. The Morgan fingerprint density at radius 3 is 2.25 bits per heavy atom. The number of ether oxygens (including phenoxy) is 2. The summed E-state index contributed by atoms with van der Waals surface area (Å²) < 4.78 is 10.4. The molecule has 148 valence electrons. The molecule has 0 aliphatic carbocycles. The third-order valence-corrected chi connectivity index (χ3v) is 5.55. The van der Waals surface area contributed by atoms with Gasteiger partial charge in [-0.25, -0.2) is 0 Å². The van der Waals surface area contributed by atoms with Crippen LogP contribution in [0.5, 0.6) is 11.8 Å². The van der Waals surface area contributed by atoms with Gasteiger partial charge in [-0.15, -0.1) is 0 Å². The zero-order valence-corrected chi connectivity index (χ0v) is 16.8. The second-order valence-electron chi connectivity index (χ2n) is 7.57. The first-order valence-corrected chi connectivity index (χ1v) is 9.57. The van der Waals surface area contributed by atoms with Crippen molar-refractivity contribution < 1.29 is 14.3 Å². The molecule has 2 saturated heterocycles. The Balaban J connectivity index is 1.26. The lowest BCUT2D eigenvalue weighted by Crippen LogP contribution is -2.72. The highest BCUT2D eigenvalue weighted by Gasteiger charge is 2.52. The van der Waals surface area contributed by atoms with Gasteiger partial charge in [0.15, 0.2) is 0 Å². The van der Waals surface area contributed by atoms with Gasteiger partial charge in [0.2, 0.25) is 17.7 Å². The molecule has 0 unspecified atom stereocenters. The number of nitrogens with zero attached hydrogens (tertiary/aromatic N) is 4. The summed E-state index contributed by atoms with van der Waals surface area (Å²) >= 11 is 5.90. The van der Waals surface area contributed by atoms with Gasteiger partial charge < -0.3 is 14.4 Å². The minimum absolute atomic E-state index is 0.173. The summed E-state index contributed by atoms with van der Waals surface area (Å²) in [5.41, 5.74) is 1.22. The van der Waals surface area contributed by atoms with Crippen LogP contribution in [0.1, 0.15) is 11.4 Å². The van der Waals surface area contributed by atoms with Gasteiger partial charge in [0.25, 0.3) is 0 Å². The van der Waals surface area contributed by atoms with Gasteiger partial charge in [-0.05, 0) is 17.7 Å². The van der Waals surface area contributed by atoms with Crippen LogP contribution in [0.4, 0.5) is 0 Å². The molecule has 4 rings (SSSR count). The van der Waals surface area contributed by atoms with Crippen LogP contribution >= 0.6 is 11.6 Å². The van der Waals surface area contributed by atoms with Crippen LogP contribution in [0.3, 0.4) is 0 Å². The van der Waals surface area contributed by atoms with Crippen molar-refractivity contribution in [2.24, 2.45) is 5.41 Å². The van der Waals surface area contributed by atoms with E-state index in [9.17, 15) is 4.79 Å². The van der Waals surface area contributed by atoms with Crippen LogP contribution in [0, 0.1) is 5.41 Å². The van der Waals surface area contributed by atoms with Crippen LogP contribution in [0.15, 0.2) is 30.3 Å². The van der Waals surface area contributed by atoms with Crippen molar-refractivity contribution in [3.8, 4) is 11.8 Å². The topological polar surface area (TPSA) is 67.8 Å². The summed E-state index contributed by atoms with van der Waals surface area (Å²) in [6, 6.07) is 9.12. The van der Waals surface area contributed by atoms with Gasteiger partial charge in [0.1, 0.15) is 5.82 Å². The van der Waals surface area contributed by atoms with Crippen LogP contribution in [0.2, 0.25) is 5.02 Å². The monoisotopic (exact) mass is 402 g/mol. The molecule has 0 bridgehead atoms. The van der Waals surface area contributed by atoms with E-state index < -0.39 is 0 Å². The number of aromatic nitrogens is 2. The van der Waals surface area contributed by atoms with Crippen LogP contribution < -0.4 is 9.47 Å². The van der Waals surface area contributed by atoms with Crippen molar-refractivity contribution in [3.05, 3.63) is 46.7 Å². The van der Waals surface area contributed by atoms with Gasteiger partial charge in [0, 0.05) is 36.6 Å². The van der Waals surface area contributed by atoms with E-state index in [1.54, 1.807) is 20.3 Å². The van der Waals surface area contributed by atoms with Gasteiger partial charge >= 0.3 is 0 Å². The Hall–Kier alpha value is -2.38. The predicted octanol–water partition coefficient (Wildman–Crippen LogP) is 2.03. The molecular weight excluding hydrogens is 380 g/mol. The Kier molecular flexibility index (Phi) is 5.12. The number of rotatable bonds is 6. The minimum Gasteiger partial charge on any atom is -0.481 e. The number of amides is 1. The third kappa shape index (κ3) is 3.91. The largest absolute Gasteiger partial charge is 0.481 e. The van der Waals surface area contributed by atoms with E-state index in [2.05, 4.69) is 14.9 Å². The molecule has 1 spiro atoms. The molecule has 2 aliphatic rings. The predicted molar refractivity (Wildman–Crippen MR) is 105 cm³/mol. The molecule has 1 aromatic carbocycles. The number of benzene rings is 1. The quantitative estimate of drug-likeness (QED) is 0.736. The Labute approximate surface area is 169 Å². The van der Waals surface area contributed by atoms with Gasteiger partial charge in [0.05, 0.1) is 33.3 Å². The Bertz CT molecular complexity index is 838. The van der Waals surface area contributed by atoms with Crippen LogP contribution in [0.25, 0.3) is 0 Å². The third-order valence-electron chi connectivity index (χ3n) is 5.30. The number of likely N-dealkylation sites (tertiary alicyclic amines) is 2. The summed E-state index contributed by atoms with van der Waals surface area (Å²) in [5.74, 6) is 1.85. The van der Waals surface area contributed by atoms with Crippen LogP contribution in [-0.2, 0) is 17.8 Å². The highest BCUT2D eigenvalue weighted by molar-refractivity contribution is 6.30. The molecule has 0 atom stereocenters. The van der Waals surface area contributed by atoms with Gasteiger partial charge in [-0.1, -0.05) is 23.7 Å². The summed E-state index contributed by atoms with van der Waals surface area (Å²) in [6.45, 7) is 4.17. The average Bonchev–Trinajstić information content (AvgIpc) is 2.63. The molecule has 8 heteroatoms. The molecule has 1 amide bonds. The number of hydrogen-bond acceptors (Lipinski definition) is 6. The molecular formula is C20H23ClN4O3. The van der Waals surface area contributed by atoms with Crippen molar-refractivity contribution in [1.82, 2.24) is 19.8 Å². The molecule has 7 nitrogen and oxygen atoms in total. The maximum Gasteiger partial charge on any atom is 0.227 e. The maximum atomic E-state index is 12.5. The normalized spacial score (nSPS) is 17.8. The van der Waals surface area contributed by atoms with E-state index >= 15 is 0 Å². The second kappa shape index (κ2) is 7.56. The first kappa shape index (κ1) is 19.0. The first-order valence-electron chi connectivity index (χ1n) is 9.19. The lowest BCUT2D eigenvalue weighted by Gasteiger charge is -2.60. The number of carbonyl (C=O) groups is 1. The second-order valence-corrected chi connectivity index (χ2v) is 8.00. The highest BCUT2D eigenvalue weighted by atomic mass is 35.5. The molecule has 0 saturated carbocycles. The van der Waals surface area contributed by atoms with Crippen molar-refractivity contribution in [3.63, 3.8) is 0 Å².